The average molecular weight is 266 g/mol. The van der Waals surface area contributed by atoms with E-state index in [9.17, 15) is 0 Å². The lowest BCUT2D eigenvalue weighted by Crippen LogP contribution is -2.47. The zero-order valence-corrected chi connectivity index (χ0v) is 13.3. The first kappa shape index (κ1) is 15.3. The Kier molecular flexibility index (Phi) is 6.15. The molecule has 2 heteroatoms. The van der Waals surface area contributed by atoms with Crippen LogP contribution in [0.2, 0.25) is 0 Å². The lowest BCUT2D eigenvalue weighted by molar-refractivity contribution is 0.128. The van der Waals surface area contributed by atoms with Crippen LogP contribution in [0.25, 0.3) is 0 Å². The maximum absolute atomic E-state index is 3.82. The van der Waals surface area contributed by atoms with E-state index in [1.54, 1.807) is 0 Å². The molecule has 0 aromatic rings. The molecule has 1 saturated carbocycles. The Morgan fingerprint density at radius 2 is 1.84 bits per heavy atom. The molecule has 19 heavy (non-hydrogen) atoms. The molecule has 1 heterocycles. The first-order valence-corrected chi connectivity index (χ1v) is 8.75. The molecule has 4 atom stereocenters. The summed E-state index contributed by atoms with van der Waals surface area (Å²) in [6.07, 6.45) is 11.2. The summed E-state index contributed by atoms with van der Waals surface area (Å²) in [5, 5.41) is 3.82. The first-order chi connectivity index (χ1) is 9.26. The van der Waals surface area contributed by atoms with Crippen molar-refractivity contribution in [3.8, 4) is 0 Å². The van der Waals surface area contributed by atoms with Crippen molar-refractivity contribution in [2.24, 2.45) is 5.92 Å². The van der Waals surface area contributed by atoms with Crippen LogP contribution in [0.5, 0.6) is 0 Å². The maximum atomic E-state index is 3.82. The quantitative estimate of drug-likeness (QED) is 0.786. The molecule has 1 N–H and O–H groups in total. The van der Waals surface area contributed by atoms with Crippen molar-refractivity contribution in [2.45, 2.75) is 90.3 Å². The van der Waals surface area contributed by atoms with Crippen LogP contribution in [0.15, 0.2) is 0 Å². The van der Waals surface area contributed by atoms with E-state index in [2.05, 4.69) is 31.0 Å². The molecule has 0 amide bonds. The fourth-order valence-corrected chi connectivity index (χ4v) is 4.19. The third-order valence-corrected chi connectivity index (χ3v) is 5.44. The van der Waals surface area contributed by atoms with Gasteiger partial charge in [-0.05, 0) is 57.9 Å². The van der Waals surface area contributed by atoms with Crippen LogP contribution in [0, 0.1) is 5.92 Å². The van der Waals surface area contributed by atoms with Crippen molar-refractivity contribution in [2.75, 3.05) is 13.1 Å². The number of hydrogen-bond acceptors (Lipinski definition) is 2. The Morgan fingerprint density at radius 1 is 1.05 bits per heavy atom. The Labute approximate surface area is 120 Å². The van der Waals surface area contributed by atoms with Gasteiger partial charge in [0.2, 0.25) is 0 Å². The van der Waals surface area contributed by atoms with E-state index in [4.69, 9.17) is 0 Å². The monoisotopic (exact) mass is 266 g/mol. The second kappa shape index (κ2) is 7.64. The predicted molar refractivity (Wildman–Crippen MR) is 83.5 cm³/mol. The predicted octanol–water partition coefficient (Wildman–Crippen LogP) is 3.81. The van der Waals surface area contributed by atoms with Crippen LogP contribution >= 0.6 is 0 Å². The number of likely N-dealkylation sites (tertiary alicyclic amines) is 1. The van der Waals surface area contributed by atoms with Crippen LogP contribution < -0.4 is 5.32 Å². The summed E-state index contributed by atoms with van der Waals surface area (Å²) >= 11 is 0. The lowest BCUT2D eigenvalue weighted by Gasteiger charge is -2.38. The van der Waals surface area contributed by atoms with Gasteiger partial charge in [-0.1, -0.05) is 26.7 Å². The van der Waals surface area contributed by atoms with E-state index in [1.165, 1.54) is 64.5 Å². The average Bonchev–Trinajstić information content (AvgIpc) is 2.79. The molecule has 1 aliphatic heterocycles. The lowest BCUT2D eigenvalue weighted by atomic mass is 9.83. The highest BCUT2D eigenvalue weighted by atomic mass is 15.2. The third-order valence-electron chi connectivity index (χ3n) is 5.44. The Hall–Kier alpha value is -0.0800. The van der Waals surface area contributed by atoms with Gasteiger partial charge in [-0.25, -0.2) is 0 Å². The minimum Gasteiger partial charge on any atom is -0.314 e. The van der Waals surface area contributed by atoms with E-state index >= 15 is 0 Å². The molecule has 112 valence electrons. The molecule has 0 aromatic heterocycles. The van der Waals surface area contributed by atoms with Gasteiger partial charge in [-0.15, -0.1) is 0 Å². The van der Waals surface area contributed by atoms with Crippen LogP contribution in [-0.4, -0.2) is 36.1 Å². The van der Waals surface area contributed by atoms with Crippen molar-refractivity contribution < 1.29 is 0 Å². The second-order valence-corrected chi connectivity index (χ2v) is 6.79. The van der Waals surface area contributed by atoms with E-state index in [0.29, 0.717) is 0 Å². The van der Waals surface area contributed by atoms with Gasteiger partial charge in [0.1, 0.15) is 0 Å². The number of nitrogens with zero attached hydrogens (tertiary/aromatic N) is 1. The fraction of sp³-hybridized carbons (Fsp3) is 1.00. The SMILES string of the molecule is CCCNC1CCCCC1CN1C(C)CCC1CC. The zero-order valence-electron chi connectivity index (χ0n) is 13.3. The van der Waals surface area contributed by atoms with Gasteiger partial charge in [0, 0.05) is 24.7 Å². The molecule has 4 unspecified atom stereocenters. The Balaban J connectivity index is 1.90. The van der Waals surface area contributed by atoms with E-state index < -0.39 is 0 Å². The van der Waals surface area contributed by atoms with Crippen molar-refractivity contribution in [3.63, 3.8) is 0 Å². The van der Waals surface area contributed by atoms with Gasteiger partial charge in [-0.2, -0.15) is 0 Å². The van der Waals surface area contributed by atoms with E-state index in [-0.39, 0.29) is 0 Å². The van der Waals surface area contributed by atoms with Gasteiger partial charge < -0.3 is 5.32 Å². The third kappa shape index (κ3) is 3.95. The van der Waals surface area contributed by atoms with E-state index in [1.807, 2.05) is 0 Å². The van der Waals surface area contributed by atoms with Gasteiger partial charge in [0.05, 0.1) is 0 Å². The van der Waals surface area contributed by atoms with Crippen LogP contribution in [0.4, 0.5) is 0 Å². The van der Waals surface area contributed by atoms with Crippen LogP contribution in [0.3, 0.4) is 0 Å². The standard InChI is InChI=1S/C17H34N2/c1-4-12-18-17-9-7-6-8-15(17)13-19-14(3)10-11-16(19)5-2/h14-18H,4-13H2,1-3H3. The van der Waals surface area contributed by atoms with Gasteiger partial charge >= 0.3 is 0 Å². The van der Waals surface area contributed by atoms with Crippen molar-refractivity contribution in [1.82, 2.24) is 10.2 Å². The Bertz CT molecular complexity index is 254. The minimum absolute atomic E-state index is 0.791. The molecule has 1 saturated heterocycles. The molecule has 0 aromatic carbocycles. The molecule has 0 radical (unpaired) electrons. The zero-order chi connectivity index (χ0) is 13.7. The summed E-state index contributed by atoms with van der Waals surface area (Å²) in [6.45, 7) is 9.63. The maximum Gasteiger partial charge on any atom is 0.0107 e. The van der Waals surface area contributed by atoms with Crippen molar-refractivity contribution in [1.29, 1.82) is 0 Å². The second-order valence-electron chi connectivity index (χ2n) is 6.79. The van der Waals surface area contributed by atoms with E-state index in [0.717, 1.165) is 24.0 Å². The molecule has 0 bridgehead atoms. The molecule has 2 rings (SSSR count). The molecular formula is C17H34N2. The topological polar surface area (TPSA) is 15.3 Å². The summed E-state index contributed by atoms with van der Waals surface area (Å²) in [7, 11) is 0. The summed E-state index contributed by atoms with van der Waals surface area (Å²) in [5.74, 6) is 0.898. The molecule has 2 nitrogen and oxygen atoms in total. The normalized spacial score (nSPS) is 36.8. The van der Waals surface area contributed by atoms with Gasteiger partial charge in [0.15, 0.2) is 0 Å². The summed E-state index contributed by atoms with van der Waals surface area (Å²) in [4.78, 5) is 2.83. The number of rotatable bonds is 6. The Morgan fingerprint density at radius 3 is 2.58 bits per heavy atom. The molecule has 2 aliphatic rings. The highest BCUT2D eigenvalue weighted by Crippen LogP contribution is 2.31. The van der Waals surface area contributed by atoms with Crippen LogP contribution in [0.1, 0.15) is 72.1 Å². The van der Waals surface area contributed by atoms with Gasteiger partial charge in [0.25, 0.3) is 0 Å². The molecule has 1 aliphatic carbocycles. The summed E-state index contributed by atoms with van der Waals surface area (Å²) in [5.41, 5.74) is 0. The highest BCUT2D eigenvalue weighted by molar-refractivity contribution is 4.90. The minimum atomic E-state index is 0.791. The van der Waals surface area contributed by atoms with Crippen molar-refractivity contribution in [3.05, 3.63) is 0 Å². The smallest absolute Gasteiger partial charge is 0.0107 e. The highest BCUT2D eigenvalue weighted by Gasteiger charge is 2.33. The molecule has 2 fully saturated rings. The van der Waals surface area contributed by atoms with Crippen molar-refractivity contribution >= 4 is 0 Å². The summed E-state index contributed by atoms with van der Waals surface area (Å²) < 4.78 is 0. The molecule has 0 spiro atoms. The number of hydrogen-bond donors (Lipinski definition) is 1. The first-order valence-electron chi connectivity index (χ1n) is 8.75. The van der Waals surface area contributed by atoms with Crippen LogP contribution in [-0.2, 0) is 0 Å². The van der Waals surface area contributed by atoms with Gasteiger partial charge in [-0.3, -0.25) is 4.90 Å². The summed E-state index contributed by atoms with van der Waals surface area (Å²) in [6, 6.07) is 2.47. The fourth-order valence-electron chi connectivity index (χ4n) is 4.19. The molecular weight excluding hydrogens is 232 g/mol. The largest absolute Gasteiger partial charge is 0.314 e. The number of nitrogens with one attached hydrogen (secondary N) is 1.